The van der Waals surface area contributed by atoms with Crippen LogP contribution in [0.15, 0.2) is 33.6 Å². The fourth-order valence-electron chi connectivity index (χ4n) is 2.31. The first-order valence-electron chi connectivity index (χ1n) is 7.11. The fourth-order valence-corrected chi connectivity index (χ4v) is 3.70. The molecule has 1 aliphatic heterocycles. The Morgan fingerprint density at radius 3 is 2.43 bits per heavy atom. The van der Waals surface area contributed by atoms with E-state index in [1.807, 2.05) is 0 Å². The van der Waals surface area contributed by atoms with E-state index in [-0.39, 0.29) is 35.8 Å². The predicted molar refractivity (Wildman–Crippen MR) is 95.2 cm³/mol. The lowest BCUT2D eigenvalue weighted by Crippen LogP contribution is -2.46. The summed E-state index contributed by atoms with van der Waals surface area (Å²) in [5, 5.41) is 6.11. The average Bonchev–Trinajstić information content (AvgIpc) is 2.48. The van der Waals surface area contributed by atoms with E-state index >= 15 is 0 Å². The summed E-state index contributed by atoms with van der Waals surface area (Å²) in [5.74, 6) is -0.268. The molecule has 2 N–H and O–H groups in total. The van der Waals surface area contributed by atoms with Crippen LogP contribution >= 0.6 is 28.3 Å². The largest absolute Gasteiger partial charge is 0.352 e. The van der Waals surface area contributed by atoms with Crippen molar-refractivity contribution >= 4 is 44.3 Å². The van der Waals surface area contributed by atoms with Crippen molar-refractivity contribution in [2.75, 3.05) is 26.7 Å². The second-order valence-electron chi connectivity index (χ2n) is 5.31. The normalized spacial score (nSPS) is 16.0. The van der Waals surface area contributed by atoms with E-state index in [9.17, 15) is 13.2 Å². The number of rotatable bonds is 5. The van der Waals surface area contributed by atoms with Crippen LogP contribution in [0.5, 0.6) is 0 Å². The van der Waals surface area contributed by atoms with Gasteiger partial charge < -0.3 is 10.6 Å². The van der Waals surface area contributed by atoms with Crippen molar-refractivity contribution in [2.24, 2.45) is 0 Å². The molecule has 1 aromatic rings. The number of likely N-dealkylation sites (N-methyl/N-ethyl adjacent to an activating group) is 1. The minimum absolute atomic E-state index is 0. The number of amides is 1. The zero-order chi connectivity index (χ0) is 16.2. The summed E-state index contributed by atoms with van der Waals surface area (Å²) < 4.78 is 26.7. The van der Waals surface area contributed by atoms with E-state index in [4.69, 9.17) is 0 Å². The van der Waals surface area contributed by atoms with Crippen LogP contribution in [0, 0.1) is 0 Å². The Hall–Kier alpha value is -0.670. The van der Waals surface area contributed by atoms with Crippen LogP contribution in [0.25, 0.3) is 0 Å². The monoisotopic (exact) mass is 425 g/mol. The van der Waals surface area contributed by atoms with Gasteiger partial charge >= 0.3 is 0 Å². The number of piperidine rings is 1. The maximum atomic E-state index is 12.4. The van der Waals surface area contributed by atoms with E-state index < -0.39 is 10.0 Å². The zero-order valence-electron chi connectivity index (χ0n) is 12.8. The highest BCUT2D eigenvalue weighted by Crippen LogP contribution is 2.17. The van der Waals surface area contributed by atoms with Gasteiger partial charge in [0.1, 0.15) is 0 Å². The SMILES string of the molecule is CN(CC(=O)NC1CCNCC1)S(=O)(=O)c1ccc(Br)cc1.Cl. The molecule has 0 bridgehead atoms. The van der Waals surface area contributed by atoms with Gasteiger partial charge in [-0.1, -0.05) is 15.9 Å². The van der Waals surface area contributed by atoms with Gasteiger partial charge in [0.25, 0.3) is 0 Å². The van der Waals surface area contributed by atoms with E-state index in [0.29, 0.717) is 0 Å². The van der Waals surface area contributed by atoms with Crippen molar-refractivity contribution in [2.45, 2.75) is 23.8 Å². The lowest BCUT2D eigenvalue weighted by atomic mass is 10.1. The number of halogens is 2. The van der Waals surface area contributed by atoms with Gasteiger partial charge in [-0.05, 0) is 50.2 Å². The highest BCUT2D eigenvalue weighted by atomic mass is 79.9. The third-order valence-electron chi connectivity index (χ3n) is 3.59. The number of sulfonamides is 1. The van der Waals surface area contributed by atoms with Crippen LogP contribution in [0.1, 0.15) is 12.8 Å². The summed E-state index contributed by atoms with van der Waals surface area (Å²) in [4.78, 5) is 12.2. The van der Waals surface area contributed by atoms with Gasteiger partial charge in [0.05, 0.1) is 11.4 Å². The number of hydrogen-bond acceptors (Lipinski definition) is 4. The summed E-state index contributed by atoms with van der Waals surface area (Å²) in [6.45, 7) is 1.57. The number of hydrogen-bond donors (Lipinski definition) is 2. The van der Waals surface area contributed by atoms with Crippen molar-refractivity contribution in [1.82, 2.24) is 14.9 Å². The van der Waals surface area contributed by atoms with Crippen molar-refractivity contribution in [3.05, 3.63) is 28.7 Å². The van der Waals surface area contributed by atoms with Gasteiger partial charge in [0, 0.05) is 17.6 Å². The van der Waals surface area contributed by atoms with Crippen LogP contribution < -0.4 is 10.6 Å². The number of carbonyl (C=O) groups excluding carboxylic acids is 1. The molecule has 1 fully saturated rings. The molecule has 1 aliphatic rings. The van der Waals surface area contributed by atoms with Crippen LogP contribution in [0.4, 0.5) is 0 Å². The first-order valence-corrected chi connectivity index (χ1v) is 9.35. The Bertz CT molecular complexity index is 619. The number of benzene rings is 1. The molecule has 1 heterocycles. The molecule has 6 nitrogen and oxygen atoms in total. The minimum Gasteiger partial charge on any atom is -0.352 e. The highest BCUT2D eigenvalue weighted by molar-refractivity contribution is 9.10. The van der Waals surface area contributed by atoms with Gasteiger partial charge in [-0.3, -0.25) is 4.79 Å². The molecule has 0 atom stereocenters. The van der Waals surface area contributed by atoms with Crippen molar-refractivity contribution in [1.29, 1.82) is 0 Å². The van der Waals surface area contributed by atoms with Crippen LogP contribution in [0.3, 0.4) is 0 Å². The average molecular weight is 427 g/mol. The molecular weight excluding hydrogens is 406 g/mol. The van der Waals surface area contributed by atoms with Crippen LogP contribution in [-0.2, 0) is 14.8 Å². The molecular formula is C14H21BrClN3O3S. The zero-order valence-corrected chi connectivity index (χ0v) is 16.0. The van der Waals surface area contributed by atoms with Gasteiger partial charge in [-0.2, -0.15) is 4.31 Å². The molecule has 0 radical (unpaired) electrons. The summed E-state index contributed by atoms with van der Waals surface area (Å²) >= 11 is 3.27. The van der Waals surface area contributed by atoms with Gasteiger partial charge in [0.2, 0.25) is 15.9 Å². The predicted octanol–water partition coefficient (Wildman–Crippen LogP) is 1.36. The molecule has 23 heavy (non-hydrogen) atoms. The standard InChI is InChI=1S/C14H20BrN3O3S.ClH/c1-18(10-14(19)17-12-6-8-16-9-7-12)22(20,21)13-4-2-11(15)3-5-13;/h2-5,12,16H,6-10H2,1H3,(H,17,19);1H. The smallest absolute Gasteiger partial charge is 0.243 e. The van der Waals surface area contributed by atoms with Gasteiger partial charge in [-0.25, -0.2) is 8.42 Å². The maximum Gasteiger partial charge on any atom is 0.243 e. The van der Waals surface area contributed by atoms with Crippen molar-refractivity contribution in [3.8, 4) is 0 Å². The molecule has 0 aliphatic carbocycles. The van der Waals surface area contributed by atoms with E-state index in [2.05, 4.69) is 26.6 Å². The number of carbonyl (C=O) groups is 1. The van der Waals surface area contributed by atoms with E-state index in [0.717, 1.165) is 34.7 Å². The lowest BCUT2D eigenvalue weighted by Gasteiger charge is -2.25. The van der Waals surface area contributed by atoms with E-state index in [1.54, 1.807) is 12.1 Å². The molecule has 1 amide bonds. The third kappa shape index (κ3) is 5.72. The fraction of sp³-hybridized carbons (Fsp3) is 0.500. The van der Waals surface area contributed by atoms with Gasteiger partial charge in [0.15, 0.2) is 0 Å². The van der Waals surface area contributed by atoms with Crippen LogP contribution in [0.2, 0.25) is 0 Å². The summed E-state index contributed by atoms with van der Waals surface area (Å²) in [7, 11) is -2.24. The molecule has 9 heteroatoms. The Balaban J connectivity index is 0.00000264. The maximum absolute atomic E-state index is 12.4. The van der Waals surface area contributed by atoms with E-state index in [1.165, 1.54) is 19.2 Å². The second kappa shape index (κ2) is 8.98. The molecule has 1 aromatic carbocycles. The topological polar surface area (TPSA) is 78.5 Å². The number of nitrogens with zero attached hydrogens (tertiary/aromatic N) is 1. The molecule has 0 spiro atoms. The molecule has 0 saturated carbocycles. The molecule has 1 saturated heterocycles. The summed E-state index contributed by atoms with van der Waals surface area (Å²) in [6, 6.07) is 6.48. The molecule has 130 valence electrons. The van der Waals surface area contributed by atoms with Crippen molar-refractivity contribution < 1.29 is 13.2 Å². The quantitative estimate of drug-likeness (QED) is 0.745. The highest BCUT2D eigenvalue weighted by Gasteiger charge is 2.24. The minimum atomic E-state index is -3.65. The van der Waals surface area contributed by atoms with Gasteiger partial charge in [-0.15, -0.1) is 12.4 Å². The van der Waals surface area contributed by atoms with Crippen molar-refractivity contribution in [3.63, 3.8) is 0 Å². The van der Waals surface area contributed by atoms with Crippen LogP contribution in [-0.4, -0.2) is 51.4 Å². The first kappa shape index (κ1) is 20.4. The Kier molecular flexibility index (Phi) is 7.96. The second-order valence-corrected chi connectivity index (χ2v) is 8.27. The lowest BCUT2D eigenvalue weighted by molar-refractivity contribution is -0.122. The Morgan fingerprint density at radius 2 is 1.87 bits per heavy atom. The third-order valence-corrected chi connectivity index (χ3v) is 5.94. The summed E-state index contributed by atoms with van der Waals surface area (Å²) in [6.07, 6.45) is 1.74. The molecule has 0 aromatic heterocycles. The number of nitrogens with one attached hydrogen (secondary N) is 2. The Labute approximate surface area is 151 Å². The first-order chi connectivity index (χ1) is 10.4. The summed E-state index contributed by atoms with van der Waals surface area (Å²) in [5.41, 5.74) is 0. The molecule has 0 unspecified atom stereocenters. The molecule has 2 rings (SSSR count). The Morgan fingerprint density at radius 1 is 1.30 bits per heavy atom.